The van der Waals surface area contributed by atoms with Gasteiger partial charge in [0.25, 0.3) is 0 Å². The highest BCUT2D eigenvalue weighted by Crippen LogP contribution is 2.29. The Kier molecular flexibility index (Phi) is 6.76. The van der Waals surface area contributed by atoms with Gasteiger partial charge in [0.15, 0.2) is 0 Å². The van der Waals surface area contributed by atoms with Crippen LogP contribution in [0.4, 0.5) is 0 Å². The lowest BCUT2D eigenvalue weighted by atomic mass is 9.96. The fourth-order valence-corrected chi connectivity index (χ4v) is 4.08. The van der Waals surface area contributed by atoms with Crippen LogP contribution in [0.5, 0.6) is 0 Å². The fourth-order valence-electron chi connectivity index (χ4n) is 2.23. The number of carbonyl (C=O) groups excluding carboxylic acids is 1. The van der Waals surface area contributed by atoms with E-state index in [1.54, 1.807) is 17.4 Å². The number of aliphatic hydroxyl groups is 1. The standard InChI is InChI=1S/C15H21NO3S2/c17-7-8-19-15(5-10-20-11-6-15)12-16-14(18)4-3-13-2-1-9-21-13/h1-4,9,17H,5-8,10-12H2,(H,16,18)/b4-3+. The molecular weight excluding hydrogens is 306 g/mol. The molecule has 1 aliphatic heterocycles. The summed E-state index contributed by atoms with van der Waals surface area (Å²) in [6.07, 6.45) is 5.19. The largest absolute Gasteiger partial charge is 0.394 e. The van der Waals surface area contributed by atoms with E-state index in [9.17, 15) is 4.79 Å². The number of carbonyl (C=O) groups is 1. The number of ether oxygens (including phenoxy) is 1. The van der Waals surface area contributed by atoms with Crippen molar-refractivity contribution >= 4 is 35.1 Å². The van der Waals surface area contributed by atoms with Crippen LogP contribution < -0.4 is 5.32 Å². The lowest BCUT2D eigenvalue weighted by molar-refractivity contribution is -0.119. The van der Waals surface area contributed by atoms with Gasteiger partial charge in [-0.3, -0.25) is 4.79 Å². The van der Waals surface area contributed by atoms with Crippen molar-refractivity contribution < 1.29 is 14.6 Å². The van der Waals surface area contributed by atoms with Crippen LogP contribution in [0, 0.1) is 0 Å². The van der Waals surface area contributed by atoms with Crippen molar-refractivity contribution in [2.75, 3.05) is 31.3 Å². The molecule has 0 radical (unpaired) electrons. The Balaban J connectivity index is 1.84. The van der Waals surface area contributed by atoms with Crippen LogP contribution in [0.15, 0.2) is 23.6 Å². The average Bonchev–Trinajstić information content (AvgIpc) is 3.03. The number of rotatable bonds is 7. The smallest absolute Gasteiger partial charge is 0.244 e. The van der Waals surface area contributed by atoms with E-state index in [0.717, 1.165) is 29.2 Å². The monoisotopic (exact) mass is 327 g/mol. The van der Waals surface area contributed by atoms with Crippen LogP contribution in [-0.2, 0) is 9.53 Å². The summed E-state index contributed by atoms with van der Waals surface area (Å²) in [7, 11) is 0. The SMILES string of the molecule is O=C(/C=C/c1cccs1)NCC1(OCCO)CCSCC1. The Bertz CT molecular complexity index is 453. The third-order valence-corrected chi connectivity index (χ3v) is 5.25. The highest BCUT2D eigenvalue weighted by molar-refractivity contribution is 7.99. The van der Waals surface area contributed by atoms with Gasteiger partial charge in [-0.05, 0) is 41.9 Å². The molecule has 1 aromatic heterocycles. The zero-order valence-electron chi connectivity index (χ0n) is 11.9. The maximum Gasteiger partial charge on any atom is 0.244 e. The number of aliphatic hydroxyl groups excluding tert-OH is 1. The van der Waals surface area contributed by atoms with E-state index in [1.165, 1.54) is 0 Å². The molecule has 0 aromatic carbocycles. The summed E-state index contributed by atoms with van der Waals surface area (Å²) >= 11 is 3.51. The van der Waals surface area contributed by atoms with Crippen molar-refractivity contribution in [2.24, 2.45) is 0 Å². The second-order valence-corrected chi connectivity index (χ2v) is 7.14. The molecule has 4 nitrogen and oxygen atoms in total. The lowest BCUT2D eigenvalue weighted by Crippen LogP contribution is -2.47. The van der Waals surface area contributed by atoms with Gasteiger partial charge in [-0.15, -0.1) is 11.3 Å². The highest BCUT2D eigenvalue weighted by Gasteiger charge is 2.33. The molecule has 0 atom stereocenters. The molecule has 1 fully saturated rings. The van der Waals surface area contributed by atoms with Crippen molar-refractivity contribution in [3.8, 4) is 0 Å². The molecule has 1 aromatic rings. The third kappa shape index (κ3) is 5.47. The van der Waals surface area contributed by atoms with E-state index in [-0.39, 0.29) is 18.1 Å². The molecule has 0 spiro atoms. The topological polar surface area (TPSA) is 58.6 Å². The first-order valence-corrected chi connectivity index (χ1v) is 9.09. The minimum atomic E-state index is -0.319. The van der Waals surface area contributed by atoms with E-state index in [1.807, 2.05) is 35.4 Å². The van der Waals surface area contributed by atoms with Gasteiger partial charge >= 0.3 is 0 Å². The number of thiophene rings is 1. The molecule has 1 amide bonds. The summed E-state index contributed by atoms with van der Waals surface area (Å²) in [5, 5.41) is 13.9. The number of nitrogens with one attached hydrogen (secondary N) is 1. The van der Waals surface area contributed by atoms with Gasteiger partial charge in [0.2, 0.25) is 5.91 Å². The average molecular weight is 327 g/mol. The molecule has 1 aliphatic rings. The molecule has 0 bridgehead atoms. The van der Waals surface area contributed by atoms with Crippen molar-refractivity contribution in [3.05, 3.63) is 28.5 Å². The molecule has 116 valence electrons. The molecule has 2 rings (SSSR count). The summed E-state index contributed by atoms with van der Waals surface area (Å²) in [6.45, 7) is 0.841. The maximum atomic E-state index is 11.9. The molecule has 2 N–H and O–H groups in total. The second kappa shape index (κ2) is 8.58. The number of hydrogen-bond donors (Lipinski definition) is 2. The summed E-state index contributed by atoms with van der Waals surface area (Å²) in [4.78, 5) is 13.0. The van der Waals surface area contributed by atoms with E-state index in [0.29, 0.717) is 13.2 Å². The summed E-state index contributed by atoms with van der Waals surface area (Å²) in [6, 6.07) is 3.93. The van der Waals surface area contributed by atoms with Crippen LogP contribution in [0.3, 0.4) is 0 Å². The quantitative estimate of drug-likeness (QED) is 0.754. The van der Waals surface area contributed by atoms with Crippen LogP contribution in [0.2, 0.25) is 0 Å². The zero-order chi connectivity index (χ0) is 15.0. The first-order chi connectivity index (χ1) is 10.2. The lowest BCUT2D eigenvalue weighted by Gasteiger charge is -2.36. The van der Waals surface area contributed by atoms with Crippen molar-refractivity contribution in [3.63, 3.8) is 0 Å². The summed E-state index contributed by atoms with van der Waals surface area (Å²) in [5.74, 6) is 1.96. The van der Waals surface area contributed by atoms with Gasteiger partial charge in [-0.1, -0.05) is 6.07 Å². The predicted molar refractivity (Wildman–Crippen MR) is 88.7 cm³/mol. The summed E-state index contributed by atoms with van der Waals surface area (Å²) < 4.78 is 5.82. The first-order valence-electron chi connectivity index (χ1n) is 7.06. The van der Waals surface area contributed by atoms with Crippen LogP contribution in [-0.4, -0.2) is 47.9 Å². The minimum Gasteiger partial charge on any atom is -0.394 e. The first kappa shape index (κ1) is 16.5. The number of amides is 1. The predicted octanol–water partition coefficient (Wildman–Crippen LogP) is 2.15. The Morgan fingerprint density at radius 2 is 2.29 bits per heavy atom. The number of thioether (sulfide) groups is 1. The van der Waals surface area contributed by atoms with Crippen LogP contribution in [0.1, 0.15) is 17.7 Å². The maximum absolute atomic E-state index is 11.9. The Hall–Kier alpha value is -0.820. The summed E-state index contributed by atoms with van der Waals surface area (Å²) in [5.41, 5.74) is -0.319. The molecule has 0 aliphatic carbocycles. The molecule has 0 saturated carbocycles. The molecule has 0 unspecified atom stereocenters. The fraction of sp³-hybridized carbons (Fsp3) is 0.533. The van der Waals surface area contributed by atoms with E-state index in [4.69, 9.17) is 9.84 Å². The van der Waals surface area contributed by atoms with Gasteiger partial charge in [0.05, 0.1) is 18.8 Å². The molecule has 1 saturated heterocycles. The Morgan fingerprint density at radius 3 is 2.95 bits per heavy atom. The van der Waals surface area contributed by atoms with Gasteiger partial charge in [-0.2, -0.15) is 11.8 Å². The van der Waals surface area contributed by atoms with Gasteiger partial charge in [-0.25, -0.2) is 0 Å². The third-order valence-electron chi connectivity index (χ3n) is 3.43. The molecule has 6 heteroatoms. The van der Waals surface area contributed by atoms with Crippen molar-refractivity contribution in [1.29, 1.82) is 0 Å². The van der Waals surface area contributed by atoms with Gasteiger partial charge < -0.3 is 15.2 Å². The Labute approximate surface area is 133 Å². The highest BCUT2D eigenvalue weighted by atomic mass is 32.2. The van der Waals surface area contributed by atoms with E-state index < -0.39 is 0 Å². The normalized spacial score (nSPS) is 18.0. The van der Waals surface area contributed by atoms with Crippen molar-refractivity contribution in [2.45, 2.75) is 18.4 Å². The van der Waals surface area contributed by atoms with E-state index in [2.05, 4.69) is 5.32 Å². The van der Waals surface area contributed by atoms with Gasteiger partial charge in [0.1, 0.15) is 0 Å². The second-order valence-electron chi connectivity index (χ2n) is 4.93. The minimum absolute atomic E-state index is 0.0150. The molecular formula is C15H21NO3S2. The molecule has 21 heavy (non-hydrogen) atoms. The zero-order valence-corrected chi connectivity index (χ0v) is 13.5. The van der Waals surface area contributed by atoms with Crippen molar-refractivity contribution in [1.82, 2.24) is 5.32 Å². The molecule has 2 heterocycles. The number of hydrogen-bond acceptors (Lipinski definition) is 5. The van der Waals surface area contributed by atoms with Crippen LogP contribution in [0.25, 0.3) is 6.08 Å². The van der Waals surface area contributed by atoms with E-state index >= 15 is 0 Å². The van der Waals surface area contributed by atoms with Crippen LogP contribution >= 0.6 is 23.1 Å². The Morgan fingerprint density at radius 1 is 1.48 bits per heavy atom. The van der Waals surface area contributed by atoms with Gasteiger partial charge in [0, 0.05) is 17.5 Å².